The largest absolute Gasteiger partial charge is 0.295 e. The van der Waals surface area contributed by atoms with Gasteiger partial charge in [0.05, 0.1) is 0 Å². The molecule has 1 aliphatic rings. The maximum atomic E-state index is 3.83. The Morgan fingerprint density at radius 1 is 1.25 bits per heavy atom. The van der Waals surface area contributed by atoms with Crippen LogP contribution in [-0.4, -0.2) is 22.8 Å². The molecule has 0 amide bonds. The summed E-state index contributed by atoms with van der Waals surface area (Å²) in [6, 6.07) is 5.06. The number of nitrogens with zero attached hydrogens (tertiary/aromatic N) is 1. The lowest BCUT2D eigenvalue weighted by Gasteiger charge is -2.38. The van der Waals surface area contributed by atoms with Crippen LogP contribution in [-0.2, 0) is 6.54 Å². The maximum Gasteiger partial charge on any atom is 0.0330 e. The number of hydrogen-bond acceptors (Lipinski definition) is 2. The van der Waals surface area contributed by atoms with Crippen LogP contribution in [0.25, 0.3) is 0 Å². The molecule has 1 aromatic rings. The van der Waals surface area contributed by atoms with Gasteiger partial charge in [0, 0.05) is 29.3 Å². The Hall–Kier alpha value is 0.140. The normalized spacial score (nSPS) is 19.4. The first-order valence-corrected chi connectivity index (χ1v) is 9.98. The van der Waals surface area contributed by atoms with Gasteiger partial charge in [0.25, 0.3) is 0 Å². The average Bonchev–Trinajstić information content (AvgIpc) is 2.83. The lowest BCUT2D eigenvalue weighted by Crippen LogP contribution is -2.41. The van der Waals surface area contributed by atoms with Gasteiger partial charge in [-0.1, -0.05) is 47.7 Å². The third kappa shape index (κ3) is 4.57. The summed E-state index contributed by atoms with van der Waals surface area (Å²) >= 11 is 5.72. The van der Waals surface area contributed by atoms with E-state index in [1.54, 1.807) is 0 Å². The molecule has 20 heavy (non-hydrogen) atoms. The van der Waals surface area contributed by atoms with Crippen LogP contribution in [0.5, 0.6) is 0 Å². The molecule has 114 valence electrons. The second-order valence-corrected chi connectivity index (χ2v) is 8.22. The zero-order chi connectivity index (χ0) is 14.4. The number of rotatable bonds is 6. The van der Waals surface area contributed by atoms with Crippen LogP contribution in [0.3, 0.4) is 0 Å². The van der Waals surface area contributed by atoms with Crippen molar-refractivity contribution < 1.29 is 0 Å². The fourth-order valence-corrected chi connectivity index (χ4v) is 4.73. The SMILES string of the molecule is CC(C)N(Cc1cccs1)CC1(CBr)CCCCCC1. The molecule has 3 heteroatoms. The van der Waals surface area contributed by atoms with Crippen molar-refractivity contribution in [3.63, 3.8) is 0 Å². The van der Waals surface area contributed by atoms with Gasteiger partial charge in [-0.3, -0.25) is 4.90 Å². The Kier molecular flexibility index (Phi) is 6.57. The van der Waals surface area contributed by atoms with E-state index in [0.717, 1.165) is 11.9 Å². The van der Waals surface area contributed by atoms with Crippen LogP contribution in [0, 0.1) is 5.41 Å². The first-order valence-electron chi connectivity index (χ1n) is 7.98. The van der Waals surface area contributed by atoms with E-state index in [4.69, 9.17) is 0 Å². The van der Waals surface area contributed by atoms with E-state index >= 15 is 0 Å². The monoisotopic (exact) mass is 357 g/mol. The van der Waals surface area contributed by atoms with Gasteiger partial charge in [-0.25, -0.2) is 0 Å². The van der Waals surface area contributed by atoms with Crippen LogP contribution in [0.1, 0.15) is 57.2 Å². The summed E-state index contributed by atoms with van der Waals surface area (Å²) < 4.78 is 0. The highest BCUT2D eigenvalue weighted by Crippen LogP contribution is 2.38. The average molecular weight is 358 g/mol. The minimum atomic E-state index is 0.498. The number of thiophene rings is 1. The minimum Gasteiger partial charge on any atom is -0.295 e. The number of hydrogen-bond donors (Lipinski definition) is 0. The molecule has 1 aromatic heterocycles. The maximum absolute atomic E-state index is 3.83. The van der Waals surface area contributed by atoms with Crippen molar-refractivity contribution in [1.29, 1.82) is 0 Å². The Balaban J connectivity index is 2.04. The molecular weight excluding hydrogens is 330 g/mol. The quantitative estimate of drug-likeness (QED) is 0.466. The van der Waals surface area contributed by atoms with Crippen LogP contribution >= 0.6 is 27.3 Å². The van der Waals surface area contributed by atoms with Crippen molar-refractivity contribution in [2.75, 3.05) is 11.9 Å². The molecule has 0 unspecified atom stereocenters. The first kappa shape index (κ1) is 16.5. The van der Waals surface area contributed by atoms with Gasteiger partial charge in [0.15, 0.2) is 0 Å². The molecule has 1 heterocycles. The zero-order valence-electron chi connectivity index (χ0n) is 12.9. The van der Waals surface area contributed by atoms with E-state index in [-0.39, 0.29) is 0 Å². The van der Waals surface area contributed by atoms with Gasteiger partial charge in [0.1, 0.15) is 0 Å². The highest BCUT2D eigenvalue weighted by molar-refractivity contribution is 9.09. The van der Waals surface area contributed by atoms with Crippen molar-refractivity contribution in [3.05, 3.63) is 22.4 Å². The first-order chi connectivity index (χ1) is 9.65. The highest BCUT2D eigenvalue weighted by atomic mass is 79.9. The van der Waals surface area contributed by atoms with E-state index in [1.165, 1.54) is 49.9 Å². The molecule has 1 fully saturated rings. The summed E-state index contributed by atoms with van der Waals surface area (Å²) in [5, 5.41) is 3.35. The molecule has 1 nitrogen and oxygen atoms in total. The molecule has 0 aromatic carbocycles. The second-order valence-electron chi connectivity index (χ2n) is 6.63. The fourth-order valence-electron chi connectivity index (χ4n) is 3.27. The molecule has 1 saturated carbocycles. The van der Waals surface area contributed by atoms with Gasteiger partial charge in [-0.2, -0.15) is 0 Å². The Morgan fingerprint density at radius 2 is 1.95 bits per heavy atom. The molecule has 0 atom stereocenters. The van der Waals surface area contributed by atoms with E-state index in [2.05, 4.69) is 52.2 Å². The van der Waals surface area contributed by atoms with E-state index in [1.807, 2.05) is 11.3 Å². The second kappa shape index (κ2) is 7.95. The summed E-state index contributed by atoms with van der Waals surface area (Å²) in [5.41, 5.74) is 0.498. The van der Waals surface area contributed by atoms with Crippen molar-refractivity contribution in [2.24, 2.45) is 5.41 Å². The summed E-state index contributed by atoms with van der Waals surface area (Å²) in [6.07, 6.45) is 8.48. The van der Waals surface area contributed by atoms with Crippen molar-refractivity contribution in [1.82, 2.24) is 4.90 Å². The van der Waals surface area contributed by atoms with Gasteiger partial charge >= 0.3 is 0 Å². The molecular formula is C17H28BrNS. The standard InChI is InChI=1S/C17H28BrNS/c1-15(2)19(12-16-8-7-11-20-16)14-17(13-18)9-5-3-4-6-10-17/h7-8,11,15H,3-6,9-10,12-14H2,1-2H3. The summed E-state index contributed by atoms with van der Waals surface area (Å²) in [6.45, 7) is 7.04. The molecule has 1 aliphatic carbocycles. The Morgan fingerprint density at radius 3 is 2.45 bits per heavy atom. The molecule has 0 radical (unpaired) electrons. The van der Waals surface area contributed by atoms with Crippen LogP contribution in [0.4, 0.5) is 0 Å². The molecule has 0 spiro atoms. The third-order valence-electron chi connectivity index (χ3n) is 4.66. The fraction of sp³-hybridized carbons (Fsp3) is 0.765. The lowest BCUT2D eigenvalue weighted by molar-refractivity contribution is 0.118. The highest BCUT2D eigenvalue weighted by Gasteiger charge is 2.32. The van der Waals surface area contributed by atoms with Gasteiger partial charge in [-0.05, 0) is 43.6 Å². The van der Waals surface area contributed by atoms with Crippen molar-refractivity contribution in [3.8, 4) is 0 Å². The lowest BCUT2D eigenvalue weighted by atomic mass is 9.81. The van der Waals surface area contributed by atoms with Gasteiger partial charge in [0.2, 0.25) is 0 Å². The van der Waals surface area contributed by atoms with Crippen LogP contribution < -0.4 is 0 Å². The molecule has 0 aliphatic heterocycles. The zero-order valence-corrected chi connectivity index (χ0v) is 15.3. The number of halogens is 1. The van der Waals surface area contributed by atoms with E-state index < -0.39 is 0 Å². The van der Waals surface area contributed by atoms with Crippen LogP contribution in [0.15, 0.2) is 17.5 Å². The third-order valence-corrected chi connectivity index (χ3v) is 6.71. The topological polar surface area (TPSA) is 3.24 Å². The smallest absolute Gasteiger partial charge is 0.0330 e. The van der Waals surface area contributed by atoms with Crippen LogP contribution in [0.2, 0.25) is 0 Å². The molecule has 0 saturated heterocycles. The van der Waals surface area contributed by atoms with Gasteiger partial charge in [-0.15, -0.1) is 11.3 Å². The molecule has 2 rings (SSSR count). The predicted molar refractivity (Wildman–Crippen MR) is 93.8 cm³/mol. The number of alkyl halides is 1. The van der Waals surface area contributed by atoms with E-state index in [0.29, 0.717) is 11.5 Å². The molecule has 0 N–H and O–H groups in total. The minimum absolute atomic E-state index is 0.498. The van der Waals surface area contributed by atoms with Crippen molar-refractivity contribution in [2.45, 2.75) is 65.0 Å². The van der Waals surface area contributed by atoms with E-state index in [9.17, 15) is 0 Å². The Bertz CT molecular complexity index is 366. The summed E-state index contributed by atoms with van der Waals surface area (Å²) in [5.74, 6) is 0. The van der Waals surface area contributed by atoms with Crippen molar-refractivity contribution >= 4 is 27.3 Å². The van der Waals surface area contributed by atoms with Gasteiger partial charge < -0.3 is 0 Å². The Labute approximate surface area is 136 Å². The summed E-state index contributed by atoms with van der Waals surface area (Å²) in [7, 11) is 0. The predicted octanol–water partition coefficient (Wildman–Crippen LogP) is 5.69. The summed E-state index contributed by atoms with van der Waals surface area (Å²) in [4.78, 5) is 4.18. The molecule has 0 bridgehead atoms.